The van der Waals surface area contributed by atoms with E-state index in [9.17, 15) is 9.59 Å². The lowest BCUT2D eigenvalue weighted by atomic mass is 9.98. The van der Waals surface area contributed by atoms with Crippen LogP contribution < -0.4 is 0 Å². The van der Waals surface area contributed by atoms with Crippen LogP contribution in [0.1, 0.15) is 29.5 Å². The van der Waals surface area contributed by atoms with E-state index in [0.717, 1.165) is 17.5 Å². The van der Waals surface area contributed by atoms with Crippen LogP contribution in [0.15, 0.2) is 24.3 Å². The zero-order chi connectivity index (χ0) is 15.4. The summed E-state index contributed by atoms with van der Waals surface area (Å²) in [6, 6.07) is 6.08. The molecule has 1 aromatic carbocycles. The molecule has 1 aliphatic heterocycles. The normalized spacial score (nSPS) is 19.0. The van der Waals surface area contributed by atoms with E-state index in [1.807, 2.05) is 32.1 Å². The highest BCUT2D eigenvalue weighted by atomic mass is 16.4. The molecule has 1 atom stereocenters. The van der Waals surface area contributed by atoms with Crippen molar-refractivity contribution in [1.82, 2.24) is 4.90 Å². The summed E-state index contributed by atoms with van der Waals surface area (Å²) >= 11 is 0. The molecule has 4 nitrogen and oxygen atoms in total. The average Bonchev–Trinajstić information content (AvgIpc) is 2.46. The number of amides is 1. The van der Waals surface area contributed by atoms with Crippen molar-refractivity contribution in [1.29, 1.82) is 0 Å². The highest BCUT2D eigenvalue weighted by Gasteiger charge is 2.27. The Bertz CT molecular complexity index is 577. The highest BCUT2D eigenvalue weighted by molar-refractivity contribution is 5.92. The topological polar surface area (TPSA) is 57.6 Å². The van der Waals surface area contributed by atoms with Gasteiger partial charge in [-0.3, -0.25) is 9.59 Å². The Hall–Kier alpha value is -2.10. The molecule has 21 heavy (non-hydrogen) atoms. The Morgan fingerprint density at radius 2 is 2.10 bits per heavy atom. The second-order valence-electron chi connectivity index (χ2n) is 5.66. The number of nitrogens with zero attached hydrogens (tertiary/aromatic N) is 1. The first-order valence-corrected chi connectivity index (χ1v) is 7.24. The molecule has 0 radical (unpaired) electrons. The van der Waals surface area contributed by atoms with Gasteiger partial charge in [0.05, 0.1) is 5.92 Å². The number of piperidine rings is 1. The van der Waals surface area contributed by atoms with Gasteiger partial charge in [0.1, 0.15) is 0 Å². The number of carbonyl (C=O) groups is 2. The van der Waals surface area contributed by atoms with Crippen molar-refractivity contribution in [2.45, 2.75) is 26.7 Å². The minimum absolute atomic E-state index is 0.110. The van der Waals surface area contributed by atoms with Crippen molar-refractivity contribution in [2.75, 3.05) is 13.1 Å². The number of aryl methyl sites for hydroxylation is 2. The number of benzene rings is 1. The molecule has 0 bridgehead atoms. The van der Waals surface area contributed by atoms with Crippen LogP contribution >= 0.6 is 0 Å². The number of likely N-dealkylation sites (tertiary alicyclic amines) is 1. The van der Waals surface area contributed by atoms with Crippen LogP contribution in [0.2, 0.25) is 0 Å². The van der Waals surface area contributed by atoms with Crippen LogP contribution in [0.5, 0.6) is 0 Å². The number of hydrogen-bond donors (Lipinski definition) is 1. The highest BCUT2D eigenvalue weighted by Crippen LogP contribution is 2.18. The van der Waals surface area contributed by atoms with Gasteiger partial charge >= 0.3 is 5.97 Å². The first-order chi connectivity index (χ1) is 9.97. The molecule has 1 unspecified atom stereocenters. The molecule has 1 aromatic rings. The summed E-state index contributed by atoms with van der Waals surface area (Å²) in [6.07, 6.45) is 4.75. The molecule has 0 aromatic heterocycles. The van der Waals surface area contributed by atoms with E-state index in [1.54, 1.807) is 11.0 Å². The number of rotatable bonds is 3. The standard InChI is InChI=1S/C17H21NO3/c1-12-5-6-14(13(2)10-12)7-8-16(19)18-9-3-4-15(11-18)17(20)21/h5-8,10,15H,3-4,9,11H2,1-2H3,(H,20,21)/b8-7+. The third-order valence-electron chi connectivity index (χ3n) is 3.91. The van der Waals surface area contributed by atoms with Gasteiger partial charge in [-0.2, -0.15) is 0 Å². The number of carboxylic acid groups (broad SMARTS) is 1. The van der Waals surface area contributed by atoms with Gasteiger partial charge in [-0.25, -0.2) is 0 Å². The Morgan fingerprint density at radius 3 is 2.76 bits per heavy atom. The lowest BCUT2D eigenvalue weighted by Crippen LogP contribution is -2.41. The number of carboxylic acids is 1. The molecule has 0 aliphatic carbocycles. The molecular formula is C17H21NO3. The molecule has 0 spiro atoms. The van der Waals surface area contributed by atoms with Gasteiger partial charge < -0.3 is 10.0 Å². The van der Waals surface area contributed by atoms with Crippen LogP contribution in [-0.4, -0.2) is 35.0 Å². The smallest absolute Gasteiger partial charge is 0.308 e. The van der Waals surface area contributed by atoms with Gasteiger partial charge in [0.2, 0.25) is 5.91 Å². The Balaban J connectivity index is 2.03. The van der Waals surface area contributed by atoms with E-state index in [1.165, 1.54) is 5.56 Å². The summed E-state index contributed by atoms with van der Waals surface area (Å²) in [5.74, 6) is -1.36. The maximum absolute atomic E-state index is 12.2. The number of carbonyl (C=O) groups excluding carboxylic acids is 1. The zero-order valence-electron chi connectivity index (χ0n) is 12.5. The van der Waals surface area contributed by atoms with E-state index in [2.05, 4.69) is 6.07 Å². The van der Waals surface area contributed by atoms with E-state index < -0.39 is 11.9 Å². The van der Waals surface area contributed by atoms with Crippen molar-refractivity contribution in [3.63, 3.8) is 0 Å². The van der Waals surface area contributed by atoms with Crippen molar-refractivity contribution < 1.29 is 14.7 Å². The third kappa shape index (κ3) is 3.94. The predicted molar refractivity (Wildman–Crippen MR) is 81.9 cm³/mol. The molecule has 1 N–H and O–H groups in total. The second-order valence-corrected chi connectivity index (χ2v) is 5.66. The van der Waals surface area contributed by atoms with Crippen molar-refractivity contribution in [3.05, 3.63) is 41.0 Å². The van der Waals surface area contributed by atoms with Crippen LogP contribution in [0.4, 0.5) is 0 Å². The first kappa shape index (κ1) is 15.3. The van der Waals surface area contributed by atoms with Gasteiger partial charge in [0, 0.05) is 19.2 Å². The van der Waals surface area contributed by atoms with Crippen LogP contribution in [0.25, 0.3) is 6.08 Å². The first-order valence-electron chi connectivity index (χ1n) is 7.24. The molecule has 1 amide bonds. The molecule has 1 heterocycles. The predicted octanol–water partition coefficient (Wildman–Crippen LogP) is 2.64. The van der Waals surface area contributed by atoms with Crippen LogP contribution in [0, 0.1) is 19.8 Å². The van der Waals surface area contributed by atoms with Crippen molar-refractivity contribution >= 4 is 18.0 Å². The molecular weight excluding hydrogens is 266 g/mol. The molecule has 1 aliphatic rings. The van der Waals surface area contributed by atoms with E-state index in [-0.39, 0.29) is 5.91 Å². The summed E-state index contributed by atoms with van der Waals surface area (Å²) in [4.78, 5) is 24.8. The second kappa shape index (κ2) is 6.57. The lowest BCUT2D eigenvalue weighted by molar-refractivity contribution is -0.144. The van der Waals surface area contributed by atoms with Gasteiger partial charge in [-0.05, 0) is 43.9 Å². The largest absolute Gasteiger partial charge is 0.481 e. The van der Waals surface area contributed by atoms with Gasteiger partial charge in [-0.15, -0.1) is 0 Å². The number of aliphatic carboxylic acids is 1. The minimum Gasteiger partial charge on any atom is -0.481 e. The third-order valence-corrected chi connectivity index (χ3v) is 3.91. The van der Waals surface area contributed by atoms with Crippen LogP contribution in [-0.2, 0) is 9.59 Å². The fraction of sp³-hybridized carbons (Fsp3) is 0.412. The summed E-state index contributed by atoms with van der Waals surface area (Å²) in [5.41, 5.74) is 3.33. The molecule has 1 fully saturated rings. The molecule has 0 saturated carbocycles. The fourth-order valence-electron chi connectivity index (χ4n) is 2.66. The summed E-state index contributed by atoms with van der Waals surface area (Å²) in [6.45, 7) is 5.00. The van der Waals surface area contributed by atoms with Crippen molar-refractivity contribution in [2.24, 2.45) is 5.92 Å². The van der Waals surface area contributed by atoms with Crippen molar-refractivity contribution in [3.8, 4) is 0 Å². The Labute approximate surface area is 125 Å². The maximum Gasteiger partial charge on any atom is 0.308 e. The van der Waals surface area contributed by atoms with E-state index >= 15 is 0 Å². The van der Waals surface area contributed by atoms with Crippen LogP contribution in [0.3, 0.4) is 0 Å². The number of hydrogen-bond acceptors (Lipinski definition) is 2. The van der Waals surface area contributed by atoms with Gasteiger partial charge in [-0.1, -0.05) is 23.8 Å². The fourth-order valence-corrected chi connectivity index (χ4v) is 2.66. The quantitative estimate of drug-likeness (QED) is 0.869. The molecule has 1 saturated heterocycles. The van der Waals surface area contributed by atoms with Gasteiger partial charge in [0.15, 0.2) is 0 Å². The summed E-state index contributed by atoms with van der Waals surface area (Å²) in [5, 5.41) is 9.05. The Morgan fingerprint density at radius 1 is 1.33 bits per heavy atom. The van der Waals surface area contributed by atoms with E-state index in [0.29, 0.717) is 19.5 Å². The monoisotopic (exact) mass is 287 g/mol. The molecule has 2 rings (SSSR count). The maximum atomic E-state index is 12.2. The Kier molecular flexibility index (Phi) is 4.78. The zero-order valence-corrected chi connectivity index (χ0v) is 12.5. The van der Waals surface area contributed by atoms with E-state index in [4.69, 9.17) is 5.11 Å². The SMILES string of the molecule is Cc1ccc(/C=C/C(=O)N2CCCC(C(=O)O)C2)c(C)c1. The minimum atomic E-state index is -0.814. The molecule has 4 heteroatoms. The van der Waals surface area contributed by atoms with Gasteiger partial charge in [0.25, 0.3) is 0 Å². The molecule has 112 valence electrons. The summed E-state index contributed by atoms with van der Waals surface area (Å²) < 4.78 is 0. The lowest BCUT2D eigenvalue weighted by Gasteiger charge is -2.29. The average molecular weight is 287 g/mol. The summed E-state index contributed by atoms with van der Waals surface area (Å²) in [7, 11) is 0.